The summed E-state index contributed by atoms with van der Waals surface area (Å²) in [4.78, 5) is 38.4. The van der Waals surface area contributed by atoms with Gasteiger partial charge in [0.25, 0.3) is 0 Å². The third-order valence-corrected chi connectivity index (χ3v) is 16.8. The fraction of sp³-hybridized carbons (Fsp3) is 0.857. The minimum absolute atomic E-state index is 0.0723. The Labute approximate surface area is 518 Å². The van der Waals surface area contributed by atoms with Crippen LogP contribution in [0.25, 0.3) is 0 Å². The average molecular weight is 1160 g/mol. The van der Waals surface area contributed by atoms with E-state index in [0.717, 1.165) is 77.0 Å². The number of unbranched alkanes of at least 4 members (excludes halogenated alkanes) is 50. The van der Waals surface area contributed by atoms with Crippen molar-refractivity contribution in [1.82, 2.24) is 0 Å². The summed E-state index contributed by atoms with van der Waals surface area (Å²) in [6.07, 6.45) is 91.6. The van der Waals surface area contributed by atoms with Crippen molar-refractivity contribution < 1.29 is 28.6 Å². The molecule has 0 rings (SSSR count). The maximum Gasteiger partial charge on any atom is 0.306 e. The third-order valence-electron chi connectivity index (χ3n) is 16.8. The van der Waals surface area contributed by atoms with Crippen LogP contribution in [-0.2, 0) is 28.6 Å². The number of ether oxygens (including phenoxy) is 3. The first kappa shape index (κ1) is 80.4. The Balaban J connectivity index is 4.19. The fourth-order valence-corrected chi connectivity index (χ4v) is 11.2. The van der Waals surface area contributed by atoms with Gasteiger partial charge in [0.05, 0.1) is 0 Å². The van der Waals surface area contributed by atoms with Crippen molar-refractivity contribution in [3.8, 4) is 0 Å². The molecule has 0 amide bonds. The van der Waals surface area contributed by atoms with Crippen LogP contribution in [0.5, 0.6) is 0 Å². The Morgan fingerprint density at radius 2 is 0.434 bits per heavy atom. The average Bonchev–Trinajstić information content (AvgIpc) is 3.49. The van der Waals surface area contributed by atoms with E-state index in [9.17, 15) is 14.4 Å². The molecule has 0 radical (unpaired) electrons. The highest BCUT2D eigenvalue weighted by atomic mass is 16.6. The number of allylic oxidation sites excluding steroid dienone is 8. The normalized spacial score (nSPS) is 12.3. The minimum Gasteiger partial charge on any atom is -0.462 e. The third kappa shape index (κ3) is 70.0. The maximum absolute atomic E-state index is 13.0. The van der Waals surface area contributed by atoms with Crippen molar-refractivity contribution >= 4 is 17.9 Å². The number of rotatable bonds is 69. The van der Waals surface area contributed by atoms with Crippen LogP contribution in [0.1, 0.15) is 406 Å². The molecule has 0 aromatic heterocycles. The van der Waals surface area contributed by atoms with Gasteiger partial charge in [0.15, 0.2) is 6.10 Å². The molecule has 6 heteroatoms. The molecule has 6 nitrogen and oxygen atoms in total. The molecule has 0 aliphatic heterocycles. The second-order valence-corrected chi connectivity index (χ2v) is 25.2. The predicted octanol–water partition coefficient (Wildman–Crippen LogP) is 25.7. The van der Waals surface area contributed by atoms with Crippen molar-refractivity contribution in [3.05, 3.63) is 48.6 Å². The van der Waals surface area contributed by atoms with E-state index in [4.69, 9.17) is 14.2 Å². The molecule has 0 aliphatic rings. The van der Waals surface area contributed by atoms with Crippen LogP contribution in [0.2, 0.25) is 0 Å². The second-order valence-electron chi connectivity index (χ2n) is 25.2. The Hall–Kier alpha value is -2.63. The largest absolute Gasteiger partial charge is 0.462 e. The van der Waals surface area contributed by atoms with Crippen LogP contribution in [0, 0.1) is 0 Å². The zero-order valence-corrected chi connectivity index (χ0v) is 56.0. The monoisotopic (exact) mass is 1160 g/mol. The SMILES string of the molecule is CCCCC/C=C\CCCCCCCC(=O)OCC(COC(=O)CCCCCCCCCCCCCC/C=C\C/C=C\C/C=C\CCCCCCC)OC(=O)CCCCCCCCCCCCCCCCCCCCCCCCCCCC. The summed E-state index contributed by atoms with van der Waals surface area (Å²) in [5.41, 5.74) is 0. The lowest BCUT2D eigenvalue weighted by Gasteiger charge is -2.18. The van der Waals surface area contributed by atoms with Gasteiger partial charge in [-0.3, -0.25) is 14.4 Å². The second kappa shape index (κ2) is 71.8. The molecule has 0 aromatic carbocycles. The molecule has 0 spiro atoms. The lowest BCUT2D eigenvalue weighted by Crippen LogP contribution is -2.30. The predicted molar refractivity (Wildman–Crippen MR) is 362 cm³/mol. The van der Waals surface area contributed by atoms with Gasteiger partial charge in [-0.25, -0.2) is 0 Å². The lowest BCUT2D eigenvalue weighted by atomic mass is 10.0. The van der Waals surface area contributed by atoms with Gasteiger partial charge in [0.1, 0.15) is 13.2 Å². The molecule has 83 heavy (non-hydrogen) atoms. The molecule has 0 aromatic rings. The first-order chi connectivity index (χ1) is 41.0. The summed E-state index contributed by atoms with van der Waals surface area (Å²) < 4.78 is 17.0. The van der Waals surface area contributed by atoms with Crippen molar-refractivity contribution in [3.63, 3.8) is 0 Å². The molecule has 1 unspecified atom stereocenters. The van der Waals surface area contributed by atoms with Gasteiger partial charge in [-0.05, 0) is 83.5 Å². The summed E-state index contributed by atoms with van der Waals surface area (Å²) in [6.45, 7) is 6.67. The number of carbonyl (C=O) groups excluding carboxylic acids is 3. The van der Waals surface area contributed by atoms with Gasteiger partial charge < -0.3 is 14.2 Å². The summed E-state index contributed by atoms with van der Waals surface area (Å²) in [7, 11) is 0. The minimum atomic E-state index is -0.776. The van der Waals surface area contributed by atoms with E-state index in [1.54, 1.807) is 0 Å². The van der Waals surface area contributed by atoms with Gasteiger partial charge in [-0.15, -0.1) is 0 Å². The molecule has 0 aliphatic carbocycles. The molecule has 0 bridgehead atoms. The summed E-state index contributed by atoms with van der Waals surface area (Å²) in [6, 6.07) is 0. The molecule has 0 heterocycles. The van der Waals surface area contributed by atoms with Gasteiger partial charge in [0, 0.05) is 19.3 Å². The lowest BCUT2D eigenvalue weighted by molar-refractivity contribution is -0.167. The first-order valence-corrected chi connectivity index (χ1v) is 37.1. The smallest absolute Gasteiger partial charge is 0.306 e. The fourth-order valence-electron chi connectivity index (χ4n) is 11.2. The van der Waals surface area contributed by atoms with E-state index in [1.807, 2.05) is 0 Å². The number of hydrogen-bond acceptors (Lipinski definition) is 6. The van der Waals surface area contributed by atoms with Crippen LogP contribution in [0.4, 0.5) is 0 Å². The molecule has 0 saturated carbocycles. The first-order valence-electron chi connectivity index (χ1n) is 37.1. The van der Waals surface area contributed by atoms with Crippen molar-refractivity contribution in [2.75, 3.05) is 13.2 Å². The Bertz CT molecular complexity index is 1430. The van der Waals surface area contributed by atoms with Crippen LogP contribution in [-0.4, -0.2) is 37.2 Å². The summed E-state index contributed by atoms with van der Waals surface area (Å²) in [5.74, 6) is -0.856. The van der Waals surface area contributed by atoms with E-state index < -0.39 is 6.10 Å². The van der Waals surface area contributed by atoms with Gasteiger partial charge in [-0.2, -0.15) is 0 Å². The number of esters is 3. The molecule has 0 N–H and O–H groups in total. The topological polar surface area (TPSA) is 78.9 Å². The van der Waals surface area contributed by atoms with E-state index >= 15 is 0 Å². The molecular formula is C77H142O6. The zero-order chi connectivity index (χ0) is 59.9. The van der Waals surface area contributed by atoms with E-state index in [1.165, 1.54) is 289 Å². The highest BCUT2D eigenvalue weighted by molar-refractivity contribution is 5.71. The van der Waals surface area contributed by atoms with Crippen molar-refractivity contribution in [2.45, 2.75) is 412 Å². The Morgan fingerprint density at radius 3 is 0.711 bits per heavy atom. The summed E-state index contributed by atoms with van der Waals surface area (Å²) >= 11 is 0. The van der Waals surface area contributed by atoms with Crippen LogP contribution >= 0.6 is 0 Å². The van der Waals surface area contributed by atoms with Gasteiger partial charge in [0.2, 0.25) is 0 Å². The number of hydrogen-bond donors (Lipinski definition) is 0. The highest BCUT2D eigenvalue weighted by Crippen LogP contribution is 2.19. The standard InChI is InChI=1S/C77H142O6/c1-4-7-10-13-16-19-22-25-27-29-31-33-35-37-39-41-42-44-46-48-50-52-55-58-61-64-67-70-76(79)82-73-74(72-81-75(78)69-66-63-60-57-54-24-21-18-15-12-9-6-3)83-77(80)71-68-65-62-59-56-53-51-49-47-45-43-40-38-36-34-32-30-28-26-23-20-17-14-11-8-5-2/h18,21-22,25,29,31,35,37,74H,4-17,19-20,23-24,26-28,30,32-34,36,38-73H2,1-3H3/b21-18-,25-22-,31-29-,37-35-. The van der Waals surface area contributed by atoms with E-state index in [0.29, 0.717) is 19.3 Å². The van der Waals surface area contributed by atoms with Gasteiger partial charge in [-0.1, -0.05) is 352 Å². The molecular weight excluding hydrogens is 1020 g/mol. The highest BCUT2D eigenvalue weighted by Gasteiger charge is 2.19. The molecule has 1 atom stereocenters. The number of carbonyl (C=O) groups is 3. The van der Waals surface area contributed by atoms with Crippen LogP contribution in [0.15, 0.2) is 48.6 Å². The van der Waals surface area contributed by atoms with Gasteiger partial charge >= 0.3 is 17.9 Å². The van der Waals surface area contributed by atoms with Crippen LogP contribution < -0.4 is 0 Å². The maximum atomic E-state index is 13.0. The molecule has 0 fully saturated rings. The van der Waals surface area contributed by atoms with E-state index in [2.05, 4.69) is 69.4 Å². The Kier molecular flexibility index (Phi) is 69.6. The molecule has 0 saturated heterocycles. The van der Waals surface area contributed by atoms with Crippen LogP contribution in [0.3, 0.4) is 0 Å². The Morgan fingerprint density at radius 1 is 0.241 bits per heavy atom. The van der Waals surface area contributed by atoms with Crippen molar-refractivity contribution in [1.29, 1.82) is 0 Å². The van der Waals surface area contributed by atoms with E-state index in [-0.39, 0.29) is 31.1 Å². The van der Waals surface area contributed by atoms with Crippen molar-refractivity contribution in [2.24, 2.45) is 0 Å². The summed E-state index contributed by atoms with van der Waals surface area (Å²) in [5, 5.41) is 0. The quantitative estimate of drug-likeness (QED) is 0.0261. The molecule has 486 valence electrons. The zero-order valence-electron chi connectivity index (χ0n) is 56.0.